The van der Waals surface area contributed by atoms with Crippen LogP contribution < -0.4 is 21.7 Å². The molecule has 4 unspecified atom stereocenters. The largest absolute Gasteiger partial charge is 0.480 e. The van der Waals surface area contributed by atoms with Crippen molar-refractivity contribution in [2.75, 3.05) is 18.6 Å². The third kappa shape index (κ3) is 9.27. The smallest absolute Gasteiger partial charge is 0.325 e. The maximum absolute atomic E-state index is 12.2. The number of hydrogen-bond acceptors (Lipinski definition) is 7. The number of aliphatic hydroxyl groups excluding tert-OH is 1. The molecule has 0 rings (SSSR count). The number of thioether (sulfide) groups is 1. The number of rotatable bonds is 11. The summed E-state index contributed by atoms with van der Waals surface area (Å²) >= 11 is 1.47. The summed E-state index contributed by atoms with van der Waals surface area (Å²) in [6, 6.07) is -3.18. The number of carbonyl (C=O) groups excluding carboxylic acids is 3. The third-order valence-electron chi connectivity index (χ3n) is 3.24. The van der Waals surface area contributed by atoms with Gasteiger partial charge in [0.25, 0.3) is 0 Å². The molecule has 0 saturated carbocycles. The van der Waals surface area contributed by atoms with Crippen LogP contribution in [0.2, 0.25) is 0 Å². The van der Waals surface area contributed by atoms with Crippen LogP contribution in [-0.4, -0.2) is 76.7 Å². The van der Waals surface area contributed by atoms with Crippen molar-refractivity contribution in [2.45, 2.75) is 44.5 Å². The van der Waals surface area contributed by atoms with E-state index in [1.807, 2.05) is 6.26 Å². The van der Waals surface area contributed by atoms with Crippen molar-refractivity contribution in [1.29, 1.82) is 0 Å². The molecule has 10 nitrogen and oxygen atoms in total. The molecule has 3 amide bonds. The van der Waals surface area contributed by atoms with Crippen molar-refractivity contribution >= 4 is 35.5 Å². The van der Waals surface area contributed by atoms with Crippen LogP contribution in [0.4, 0.5) is 0 Å². The van der Waals surface area contributed by atoms with Crippen molar-refractivity contribution in [3.63, 3.8) is 0 Å². The van der Waals surface area contributed by atoms with E-state index in [4.69, 9.17) is 10.8 Å². The molecule has 0 radical (unpaired) electrons. The molecule has 0 heterocycles. The Morgan fingerprint density at radius 3 is 2.20 bits per heavy atom. The highest BCUT2D eigenvalue weighted by Gasteiger charge is 2.26. The second-order valence-electron chi connectivity index (χ2n) is 5.45. The Balaban J connectivity index is 4.65. The van der Waals surface area contributed by atoms with E-state index in [9.17, 15) is 24.3 Å². The minimum Gasteiger partial charge on any atom is -0.480 e. The van der Waals surface area contributed by atoms with Crippen LogP contribution >= 0.6 is 11.8 Å². The number of nitrogens with one attached hydrogen (secondary N) is 3. The predicted molar refractivity (Wildman–Crippen MR) is 92.8 cm³/mol. The van der Waals surface area contributed by atoms with Gasteiger partial charge in [-0.25, -0.2) is 0 Å². The van der Waals surface area contributed by atoms with Crippen LogP contribution in [0, 0.1) is 0 Å². The molecular weight excluding hydrogens is 352 g/mol. The van der Waals surface area contributed by atoms with Crippen molar-refractivity contribution in [1.82, 2.24) is 16.0 Å². The van der Waals surface area contributed by atoms with Crippen LogP contribution in [0.3, 0.4) is 0 Å². The summed E-state index contributed by atoms with van der Waals surface area (Å²) in [6.07, 6.45) is 1.06. The van der Waals surface area contributed by atoms with Crippen molar-refractivity contribution in [3.8, 4) is 0 Å². The molecular formula is C14H26N4O6S. The molecule has 0 saturated heterocycles. The number of nitrogens with two attached hydrogens (primary N) is 1. The van der Waals surface area contributed by atoms with E-state index in [1.54, 1.807) is 0 Å². The van der Waals surface area contributed by atoms with Gasteiger partial charge < -0.3 is 31.9 Å². The number of carboxylic acid groups (broad SMARTS) is 1. The molecule has 4 atom stereocenters. The van der Waals surface area contributed by atoms with Crippen molar-refractivity contribution in [3.05, 3.63) is 0 Å². The lowest BCUT2D eigenvalue weighted by Crippen LogP contribution is -2.55. The Kier molecular flexibility index (Phi) is 10.8. The summed E-state index contributed by atoms with van der Waals surface area (Å²) in [5.41, 5.74) is 5.52. The number of carbonyl (C=O) groups is 4. The van der Waals surface area contributed by atoms with Gasteiger partial charge in [-0.2, -0.15) is 11.8 Å². The van der Waals surface area contributed by atoms with E-state index in [-0.39, 0.29) is 0 Å². The first kappa shape index (κ1) is 23.1. The fraction of sp³-hybridized carbons (Fsp3) is 0.714. The van der Waals surface area contributed by atoms with E-state index < -0.39 is 54.5 Å². The van der Waals surface area contributed by atoms with Gasteiger partial charge in [0.15, 0.2) is 0 Å². The van der Waals surface area contributed by atoms with Gasteiger partial charge in [0.2, 0.25) is 17.7 Å². The fourth-order valence-corrected chi connectivity index (χ4v) is 2.11. The first-order valence-electron chi connectivity index (χ1n) is 7.63. The summed E-state index contributed by atoms with van der Waals surface area (Å²) in [6.45, 7) is 2.22. The van der Waals surface area contributed by atoms with Gasteiger partial charge in [-0.15, -0.1) is 0 Å². The maximum Gasteiger partial charge on any atom is 0.325 e. The van der Waals surface area contributed by atoms with Gasteiger partial charge in [0.1, 0.15) is 18.1 Å². The van der Waals surface area contributed by atoms with Crippen LogP contribution in [-0.2, 0) is 19.2 Å². The number of carboxylic acids is 1. The van der Waals surface area contributed by atoms with Crippen molar-refractivity contribution < 1.29 is 29.4 Å². The highest BCUT2D eigenvalue weighted by atomic mass is 32.2. The highest BCUT2D eigenvalue weighted by molar-refractivity contribution is 7.98. The lowest BCUT2D eigenvalue weighted by Gasteiger charge is -2.21. The molecule has 0 aromatic rings. The zero-order chi connectivity index (χ0) is 19.6. The number of aliphatic carboxylic acids is 1. The van der Waals surface area contributed by atoms with Gasteiger partial charge in [0, 0.05) is 0 Å². The first-order chi connectivity index (χ1) is 11.6. The summed E-state index contributed by atoms with van der Waals surface area (Å²) < 4.78 is 0. The molecule has 25 heavy (non-hydrogen) atoms. The normalized spacial score (nSPS) is 15.4. The molecule has 0 aromatic carbocycles. The molecule has 0 bridgehead atoms. The lowest BCUT2D eigenvalue weighted by atomic mass is 10.1. The van der Waals surface area contributed by atoms with Gasteiger partial charge in [-0.3, -0.25) is 19.2 Å². The molecule has 0 aliphatic rings. The topological polar surface area (TPSA) is 171 Å². The summed E-state index contributed by atoms with van der Waals surface area (Å²) in [4.78, 5) is 46.3. The van der Waals surface area contributed by atoms with Crippen LogP contribution in [0.25, 0.3) is 0 Å². The maximum atomic E-state index is 12.2. The van der Waals surface area contributed by atoms with Crippen LogP contribution in [0.1, 0.15) is 20.3 Å². The minimum atomic E-state index is -1.20. The van der Waals surface area contributed by atoms with Crippen molar-refractivity contribution in [2.24, 2.45) is 5.73 Å². The Labute approximate surface area is 150 Å². The Hall–Kier alpha value is -1.85. The molecule has 0 fully saturated rings. The van der Waals surface area contributed by atoms with E-state index in [2.05, 4.69) is 16.0 Å². The average Bonchev–Trinajstić information content (AvgIpc) is 2.54. The summed E-state index contributed by atoms with van der Waals surface area (Å²) in [5, 5.41) is 25.0. The Morgan fingerprint density at radius 2 is 1.72 bits per heavy atom. The summed E-state index contributed by atoms with van der Waals surface area (Å²) in [5.74, 6) is -2.57. The molecule has 7 N–H and O–H groups in total. The monoisotopic (exact) mass is 378 g/mol. The quantitative estimate of drug-likeness (QED) is 0.232. The standard InChI is InChI=1S/C14H26N4O6S/c1-7(14(23)24)17-10(20)6-16-12(21)9(4-5-25-3)18-13(22)11(15)8(2)19/h7-9,11,19H,4-6,15H2,1-3H3,(H,16,21)(H,17,20)(H,18,22)(H,23,24). The molecule has 0 spiro atoms. The zero-order valence-corrected chi connectivity index (χ0v) is 15.3. The van der Waals surface area contributed by atoms with E-state index >= 15 is 0 Å². The molecule has 0 aliphatic heterocycles. The van der Waals surface area contributed by atoms with Gasteiger partial charge in [-0.1, -0.05) is 0 Å². The van der Waals surface area contributed by atoms with Gasteiger partial charge in [0.05, 0.1) is 12.6 Å². The number of amides is 3. The number of hydrogen-bond donors (Lipinski definition) is 6. The van der Waals surface area contributed by atoms with E-state index in [0.717, 1.165) is 0 Å². The number of aliphatic hydroxyl groups is 1. The van der Waals surface area contributed by atoms with E-state index in [0.29, 0.717) is 12.2 Å². The SMILES string of the molecule is CSCCC(NC(=O)C(N)C(C)O)C(=O)NCC(=O)NC(C)C(=O)O. The molecule has 144 valence electrons. The third-order valence-corrected chi connectivity index (χ3v) is 3.88. The first-order valence-corrected chi connectivity index (χ1v) is 9.02. The second-order valence-corrected chi connectivity index (χ2v) is 6.44. The second kappa shape index (κ2) is 11.7. The lowest BCUT2D eigenvalue weighted by molar-refractivity contribution is -0.141. The molecule has 11 heteroatoms. The predicted octanol–water partition coefficient (Wildman–Crippen LogP) is -2.36. The molecule has 0 aliphatic carbocycles. The fourth-order valence-electron chi connectivity index (χ4n) is 1.64. The van der Waals surface area contributed by atoms with Gasteiger partial charge >= 0.3 is 5.97 Å². The molecule has 0 aromatic heterocycles. The highest BCUT2D eigenvalue weighted by Crippen LogP contribution is 2.02. The van der Waals surface area contributed by atoms with Gasteiger partial charge in [-0.05, 0) is 32.3 Å². The zero-order valence-electron chi connectivity index (χ0n) is 14.4. The Morgan fingerprint density at radius 1 is 1.12 bits per heavy atom. The minimum absolute atomic E-state index is 0.304. The van der Waals surface area contributed by atoms with Crippen LogP contribution in [0.5, 0.6) is 0 Å². The average molecular weight is 378 g/mol. The Bertz CT molecular complexity index is 488. The van der Waals surface area contributed by atoms with E-state index in [1.165, 1.54) is 25.6 Å². The summed E-state index contributed by atoms with van der Waals surface area (Å²) in [7, 11) is 0. The van der Waals surface area contributed by atoms with Crippen LogP contribution in [0.15, 0.2) is 0 Å².